The van der Waals surface area contributed by atoms with Crippen molar-refractivity contribution in [1.29, 1.82) is 0 Å². The minimum atomic E-state index is 0.520. The Hall–Kier alpha value is -0.930. The number of thiazole rings is 1. The zero-order valence-electron chi connectivity index (χ0n) is 9.16. The van der Waals surface area contributed by atoms with E-state index in [-0.39, 0.29) is 0 Å². The molecule has 0 radical (unpaired) electrons. The number of rotatable bonds is 3. The summed E-state index contributed by atoms with van der Waals surface area (Å²) in [6.45, 7) is 4.99. The smallest absolute Gasteiger partial charge is 0.0941 e. The Morgan fingerprint density at radius 1 is 1.47 bits per heavy atom. The van der Waals surface area contributed by atoms with E-state index in [9.17, 15) is 0 Å². The Labute approximate surface area is 94.1 Å². The second-order valence-corrected chi connectivity index (χ2v) is 5.24. The molecule has 0 aliphatic heterocycles. The molecule has 1 aromatic heterocycles. The predicted molar refractivity (Wildman–Crippen MR) is 66.3 cm³/mol. The van der Waals surface area contributed by atoms with Gasteiger partial charge >= 0.3 is 0 Å². The molecule has 0 aliphatic carbocycles. The van der Waals surface area contributed by atoms with Gasteiger partial charge in [-0.05, 0) is 37.1 Å². The summed E-state index contributed by atoms with van der Waals surface area (Å²) in [6, 6.07) is 6.43. The van der Waals surface area contributed by atoms with Crippen LogP contribution in [0.4, 0.5) is 0 Å². The van der Waals surface area contributed by atoms with E-state index in [1.807, 2.05) is 0 Å². The number of aryl methyl sites for hydroxylation is 1. The third-order valence-electron chi connectivity index (χ3n) is 2.51. The number of nitrogens with zero attached hydrogens (tertiary/aromatic N) is 1. The maximum atomic E-state index is 5.62. The van der Waals surface area contributed by atoms with Gasteiger partial charge in [-0.25, -0.2) is 4.98 Å². The Kier molecular flexibility index (Phi) is 3.03. The van der Waals surface area contributed by atoms with Gasteiger partial charge in [-0.15, -0.1) is 11.3 Å². The molecule has 0 bridgehead atoms. The third kappa shape index (κ3) is 2.36. The zero-order valence-corrected chi connectivity index (χ0v) is 9.97. The fraction of sp³-hybridized carbons (Fsp3) is 0.417. The Bertz CT molecular complexity index is 462. The molecule has 3 heteroatoms. The van der Waals surface area contributed by atoms with Gasteiger partial charge in [0.05, 0.1) is 15.2 Å². The van der Waals surface area contributed by atoms with Crippen LogP contribution in [-0.4, -0.2) is 11.5 Å². The normalized spacial score (nSPS) is 13.3. The van der Waals surface area contributed by atoms with E-state index in [4.69, 9.17) is 5.73 Å². The first kappa shape index (κ1) is 10.6. The molecular weight excluding hydrogens is 204 g/mol. The highest BCUT2D eigenvalue weighted by Gasteiger charge is 2.07. The summed E-state index contributed by atoms with van der Waals surface area (Å²) < 4.78 is 1.28. The molecule has 1 atom stereocenters. The van der Waals surface area contributed by atoms with Crippen molar-refractivity contribution in [2.24, 2.45) is 11.7 Å². The maximum absolute atomic E-state index is 5.62. The van der Waals surface area contributed by atoms with Crippen molar-refractivity contribution >= 4 is 21.6 Å². The largest absolute Gasteiger partial charge is 0.330 e. The molecule has 1 unspecified atom stereocenters. The molecule has 2 aromatic rings. The molecule has 80 valence electrons. The van der Waals surface area contributed by atoms with E-state index >= 15 is 0 Å². The van der Waals surface area contributed by atoms with Crippen LogP contribution < -0.4 is 5.73 Å². The Balaban J connectivity index is 2.30. The molecule has 0 saturated heterocycles. The standard InChI is InChI=1S/C12H16N2S/c1-8-3-4-11-10(5-8)14-12(15-11)6-9(2)7-13/h3-5,9H,6-7,13H2,1-2H3. The molecule has 2 rings (SSSR count). The maximum Gasteiger partial charge on any atom is 0.0941 e. The monoisotopic (exact) mass is 220 g/mol. The number of aromatic nitrogens is 1. The van der Waals surface area contributed by atoms with Crippen LogP contribution in [0.2, 0.25) is 0 Å². The topological polar surface area (TPSA) is 38.9 Å². The number of benzene rings is 1. The fourth-order valence-electron chi connectivity index (χ4n) is 1.55. The van der Waals surface area contributed by atoms with Crippen LogP contribution in [0.25, 0.3) is 10.2 Å². The van der Waals surface area contributed by atoms with Crippen molar-refractivity contribution in [3.63, 3.8) is 0 Å². The molecule has 0 amide bonds. The van der Waals surface area contributed by atoms with E-state index in [1.54, 1.807) is 11.3 Å². The third-order valence-corrected chi connectivity index (χ3v) is 3.57. The lowest BCUT2D eigenvalue weighted by Gasteiger charge is -2.03. The first-order valence-electron chi connectivity index (χ1n) is 5.25. The van der Waals surface area contributed by atoms with Crippen LogP contribution in [0.3, 0.4) is 0 Å². The minimum absolute atomic E-state index is 0.520. The molecule has 0 spiro atoms. The van der Waals surface area contributed by atoms with Crippen molar-refractivity contribution in [3.8, 4) is 0 Å². The van der Waals surface area contributed by atoms with Gasteiger partial charge in [0.1, 0.15) is 0 Å². The van der Waals surface area contributed by atoms with Gasteiger partial charge in [-0.3, -0.25) is 0 Å². The van der Waals surface area contributed by atoms with Crippen molar-refractivity contribution in [1.82, 2.24) is 4.98 Å². The highest BCUT2D eigenvalue weighted by Crippen LogP contribution is 2.24. The Morgan fingerprint density at radius 3 is 3.00 bits per heavy atom. The lowest BCUT2D eigenvalue weighted by Crippen LogP contribution is -2.12. The van der Waals surface area contributed by atoms with E-state index < -0.39 is 0 Å². The Morgan fingerprint density at radius 2 is 2.27 bits per heavy atom. The van der Waals surface area contributed by atoms with E-state index in [0.29, 0.717) is 5.92 Å². The minimum Gasteiger partial charge on any atom is -0.330 e. The molecule has 1 heterocycles. The van der Waals surface area contributed by atoms with Crippen LogP contribution in [-0.2, 0) is 6.42 Å². The van der Waals surface area contributed by atoms with E-state index in [0.717, 1.165) is 18.5 Å². The summed E-state index contributed by atoms with van der Waals surface area (Å²) >= 11 is 1.78. The van der Waals surface area contributed by atoms with Crippen LogP contribution in [0.5, 0.6) is 0 Å². The highest BCUT2D eigenvalue weighted by molar-refractivity contribution is 7.18. The lowest BCUT2D eigenvalue weighted by atomic mass is 10.1. The first-order valence-corrected chi connectivity index (χ1v) is 6.07. The van der Waals surface area contributed by atoms with Crippen LogP contribution in [0, 0.1) is 12.8 Å². The molecule has 2 N–H and O–H groups in total. The van der Waals surface area contributed by atoms with Crippen LogP contribution in [0.1, 0.15) is 17.5 Å². The van der Waals surface area contributed by atoms with Crippen molar-refractivity contribution in [2.75, 3.05) is 6.54 Å². The van der Waals surface area contributed by atoms with E-state index in [1.165, 1.54) is 15.3 Å². The van der Waals surface area contributed by atoms with Gasteiger partial charge in [0, 0.05) is 6.42 Å². The molecule has 0 fully saturated rings. The summed E-state index contributed by atoms with van der Waals surface area (Å²) in [6.07, 6.45) is 0.995. The molecule has 2 nitrogen and oxygen atoms in total. The summed E-state index contributed by atoms with van der Waals surface area (Å²) in [5, 5.41) is 1.20. The summed E-state index contributed by atoms with van der Waals surface area (Å²) in [5.41, 5.74) is 8.01. The van der Waals surface area contributed by atoms with Gasteiger partial charge in [0.15, 0.2) is 0 Å². The summed E-state index contributed by atoms with van der Waals surface area (Å²) in [7, 11) is 0. The zero-order chi connectivity index (χ0) is 10.8. The van der Waals surface area contributed by atoms with Gasteiger partial charge in [-0.1, -0.05) is 13.0 Å². The molecule has 0 aliphatic rings. The number of fused-ring (bicyclic) bond motifs is 1. The van der Waals surface area contributed by atoms with Gasteiger partial charge in [0.2, 0.25) is 0 Å². The summed E-state index contributed by atoms with van der Waals surface area (Å²) in [5.74, 6) is 0.520. The molecule has 1 aromatic carbocycles. The van der Waals surface area contributed by atoms with Gasteiger partial charge < -0.3 is 5.73 Å². The van der Waals surface area contributed by atoms with E-state index in [2.05, 4.69) is 37.0 Å². The first-order chi connectivity index (χ1) is 7.19. The number of nitrogens with two attached hydrogens (primary N) is 1. The summed E-state index contributed by atoms with van der Waals surface area (Å²) in [4.78, 5) is 4.62. The van der Waals surface area contributed by atoms with Gasteiger partial charge in [0.25, 0.3) is 0 Å². The molecule has 15 heavy (non-hydrogen) atoms. The average molecular weight is 220 g/mol. The SMILES string of the molecule is Cc1ccc2sc(CC(C)CN)nc2c1. The molecule has 0 saturated carbocycles. The van der Waals surface area contributed by atoms with Crippen molar-refractivity contribution < 1.29 is 0 Å². The predicted octanol–water partition coefficient (Wildman–Crippen LogP) is 2.74. The van der Waals surface area contributed by atoms with Crippen LogP contribution in [0.15, 0.2) is 18.2 Å². The van der Waals surface area contributed by atoms with Crippen molar-refractivity contribution in [3.05, 3.63) is 28.8 Å². The fourth-order valence-corrected chi connectivity index (χ4v) is 2.66. The second-order valence-electron chi connectivity index (χ2n) is 4.12. The quantitative estimate of drug-likeness (QED) is 0.863. The lowest BCUT2D eigenvalue weighted by molar-refractivity contribution is 0.592. The highest BCUT2D eigenvalue weighted by atomic mass is 32.1. The molecular formula is C12H16N2S. The average Bonchev–Trinajstić information content (AvgIpc) is 2.59. The number of hydrogen-bond donors (Lipinski definition) is 1. The second kappa shape index (κ2) is 4.29. The van der Waals surface area contributed by atoms with Crippen molar-refractivity contribution in [2.45, 2.75) is 20.3 Å². The number of hydrogen-bond acceptors (Lipinski definition) is 3. The van der Waals surface area contributed by atoms with Gasteiger partial charge in [-0.2, -0.15) is 0 Å². The van der Waals surface area contributed by atoms with Crippen LogP contribution >= 0.6 is 11.3 Å².